The minimum Gasteiger partial charge on any atom is -0.488 e. The molecule has 0 spiro atoms. The summed E-state index contributed by atoms with van der Waals surface area (Å²) in [6.07, 6.45) is 1.28. The van der Waals surface area contributed by atoms with Crippen molar-refractivity contribution >= 4 is 11.7 Å². The quantitative estimate of drug-likeness (QED) is 0.612. The van der Waals surface area contributed by atoms with Gasteiger partial charge in [-0.05, 0) is 36.2 Å². The van der Waals surface area contributed by atoms with Crippen molar-refractivity contribution in [1.82, 2.24) is 10.2 Å². The molecular weight excluding hydrogens is 400 g/mol. The van der Waals surface area contributed by atoms with Crippen LogP contribution in [0, 0.1) is 0 Å². The van der Waals surface area contributed by atoms with E-state index in [1.165, 1.54) is 5.56 Å². The van der Waals surface area contributed by atoms with E-state index in [1.807, 2.05) is 54.6 Å². The topological polar surface area (TPSA) is 58.6 Å². The summed E-state index contributed by atoms with van der Waals surface area (Å²) in [5.74, 6) is 0.307. The number of amides is 1. The first-order valence-corrected chi connectivity index (χ1v) is 11.0. The molecule has 1 heterocycles. The van der Waals surface area contributed by atoms with Crippen LogP contribution in [0.5, 0.6) is 5.75 Å². The zero-order valence-corrected chi connectivity index (χ0v) is 18.1. The maximum atomic E-state index is 13.1. The van der Waals surface area contributed by atoms with Crippen LogP contribution in [0.25, 0.3) is 0 Å². The van der Waals surface area contributed by atoms with Gasteiger partial charge in [-0.2, -0.15) is 0 Å². The first-order chi connectivity index (χ1) is 15.7. The van der Waals surface area contributed by atoms with Gasteiger partial charge in [-0.25, -0.2) is 0 Å². The fraction of sp³-hybridized carbons (Fsp3) is 0.259. The van der Waals surface area contributed by atoms with E-state index in [1.54, 1.807) is 18.2 Å². The highest BCUT2D eigenvalue weighted by atomic mass is 16.5. The molecule has 1 N–H and O–H groups in total. The molecule has 0 bridgehead atoms. The number of nitrogens with one attached hydrogen (secondary N) is 1. The molecule has 4 rings (SSSR count). The minimum atomic E-state index is -0.532. The van der Waals surface area contributed by atoms with E-state index in [9.17, 15) is 9.59 Å². The predicted molar refractivity (Wildman–Crippen MR) is 124 cm³/mol. The van der Waals surface area contributed by atoms with E-state index >= 15 is 0 Å². The number of Topliss-reactive ketones (excluding diaryl/α,β-unsaturated/α-hetero) is 1. The number of likely N-dealkylation sites (tertiary alicyclic amines) is 1. The summed E-state index contributed by atoms with van der Waals surface area (Å²) in [6.45, 7) is 2.48. The number of rotatable bonds is 7. The van der Waals surface area contributed by atoms with Gasteiger partial charge in [0.25, 0.3) is 5.91 Å². The molecule has 1 fully saturated rings. The highest BCUT2D eigenvalue weighted by Gasteiger charge is 2.27. The Balaban J connectivity index is 1.43. The number of ketones is 1. The summed E-state index contributed by atoms with van der Waals surface area (Å²) in [7, 11) is 0. The molecule has 0 aliphatic carbocycles. The Hall–Kier alpha value is -3.44. The highest BCUT2D eigenvalue weighted by Crippen LogP contribution is 2.20. The first kappa shape index (κ1) is 21.8. The fourth-order valence-electron chi connectivity index (χ4n) is 3.97. The van der Waals surface area contributed by atoms with E-state index in [0.717, 1.165) is 25.1 Å². The van der Waals surface area contributed by atoms with Crippen LogP contribution >= 0.6 is 0 Å². The molecule has 0 radical (unpaired) electrons. The molecule has 1 atom stereocenters. The summed E-state index contributed by atoms with van der Waals surface area (Å²) in [4.78, 5) is 28.0. The van der Waals surface area contributed by atoms with Crippen molar-refractivity contribution in [3.05, 3.63) is 102 Å². The van der Waals surface area contributed by atoms with Gasteiger partial charge in [0.2, 0.25) is 0 Å². The van der Waals surface area contributed by atoms with Gasteiger partial charge in [0.15, 0.2) is 5.78 Å². The van der Waals surface area contributed by atoms with Crippen LogP contribution in [0.1, 0.15) is 34.3 Å². The first-order valence-electron chi connectivity index (χ1n) is 11.0. The van der Waals surface area contributed by atoms with Gasteiger partial charge in [-0.1, -0.05) is 72.8 Å². The lowest BCUT2D eigenvalue weighted by molar-refractivity contribution is -0.120. The summed E-state index contributed by atoms with van der Waals surface area (Å²) in [6, 6.07) is 26.7. The molecule has 1 unspecified atom stereocenters. The average molecular weight is 429 g/mol. The Morgan fingerprint density at radius 2 is 1.56 bits per heavy atom. The van der Waals surface area contributed by atoms with Crippen LogP contribution in [-0.4, -0.2) is 35.7 Å². The lowest BCUT2D eigenvalue weighted by Crippen LogP contribution is -2.46. The van der Waals surface area contributed by atoms with Gasteiger partial charge < -0.3 is 10.1 Å². The van der Waals surface area contributed by atoms with Crippen molar-refractivity contribution in [2.45, 2.75) is 32.0 Å². The lowest BCUT2D eigenvalue weighted by atomic mass is 10.1. The summed E-state index contributed by atoms with van der Waals surface area (Å²) < 4.78 is 5.93. The molecule has 3 aromatic carbocycles. The fourth-order valence-corrected chi connectivity index (χ4v) is 3.97. The van der Waals surface area contributed by atoms with Gasteiger partial charge in [0.1, 0.15) is 18.4 Å². The van der Waals surface area contributed by atoms with Crippen molar-refractivity contribution in [2.24, 2.45) is 0 Å². The highest BCUT2D eigenvalue weighted by molar-refractivity contribution is 6.00. The smallest absolute Gasteiger partial charge is 0.255 e. The van der Waals surface area contributed by atoms with Gasteiger partial charge in [0.05, 0.1) is 5.56 Å². The number of benzene rings is 3. The zero-order valence-electron chi connectivity index (χ0n) is 18.1. The van der Waals surface area contributed by atoms with Crippen molar-refractivity contribution < 1.29 is 14.3 Å². The number of carbonyl (C=O) groups is 2. The van der Waals surface area contributed by atoms with Gasteiger partial charge in [0, 0.05) is 19.5 Å². The third-order valence-electron chi connectivity index (χ3n) is 5.65. The molecule has 32 heavy (non-hydrogen) atoms. The van der Waals surface area contributed by atoms with Crippen molar-refractivity contribution in [3.63, 3.8) is 0 Å². The van der Waals surface area contributed by atoms with Crippen molar-refractivity contribution in [1.29, 1.82) is 0 Å². The Labute approximate surface area is 189 Å². The third-order valence-corrected chi connectivity index (χ3v) is 5.65. The monoisotopic (exact) mass is 428 g/mol. The molecule has 5 nitrogen and oxygen atoms in total. The normalized spacial score (nSPS) is 16.9. The Kier molecular flexibility index (Phi) is 7.31. The summed E-state index contributed by atoms with van der Waals surface area (Å²) in [5.41, 5.74) is 2.67. The molecule has 1 amide bonds. The average Bonchev–Trinajstić information content (AvgIpc) is 3.00. The maximum absolute atomic E-state index is 13.1. The molecule has 1 aliphatic heterocycles. The van der Waals surface area contributed by atoms with Gasteiger partial charge in [-0.3, -0.25) is 14.5 Å². The second kappa shape index (κ2) is 10.7. The second-order valence-electron chi connectivity index (χ2n) is 8.09. The summed E-state index contributed by atoms with van der Waals surface area (Å²) >= 11 is 0. The van der Waals surface area contributed by atoms with Crippen LogP contribution < -0.4 is 10.1 Å². The molecule has 164 valence electrons. The predicted octanol–water partition coefficient (Wildman–Crippen LogP) is 4.23. The molecule has 0 saturated carbocycles. The van der Waals surface area contributed by atoms with Crippen LogP contribution in [0.3, 0.4) is 0 Å². The largest absolute Gasteiger partial charge is 0.488 e. The van der Waals surface area contributed by atoms with E-state index in [4.69, 9.17) is 4.74 Å². The van der Waals surface area contributed by atoms with Crippen LogP contribution in [0.4, 0.5) is 0 Å². The number of ether oxygens (including phenoxy) is 1. The SMILES string of the molecule is O=C(NC1CN(Cc2ccccc2)CCCC1=O)c1ccccc1OCc1ccccc1. The van der Waals surface area contributed by atoms with Crippen LogP contribution in [0.2, 0.25) is 0 Å². The van der Waals surface area contributed by atoms with E-state index in [2.05, 4.69) is 22.3 Å². The van der Waals surface area contributed by atoms with Crippen LogP contribution in [0.15, 0.2) is 84.9 Å². The lowest BCUT2D eigenvalue weighted by Gasteiger charge is -2.24. The number of carbonyl (C=O) groups excluding carboxylic acids is 2. The number of hydrogen-bond acceptors (Lipinski definition) is 4. The number of nitrogens with zero attached hydrogens (tertiary/aromatic N) is 1. The van der Waals surface area contributed by atoms with E-state index < -0.39 is 6.04 Å². The molecular formula is C27H28N2O3. The standard InChI is InChI=1S/C27H28N2O3/c30-25-15-9-17-29(18-21-10-3-1-4-11-21)19-24(25)28-27(31)23-14-7-8-16-26(23)32-20-22-12-5-2-6-13-22/h1-8,10-14,16,24H,9,15,17-20H2,(H,28,31). The summed E-state index contributed by atoms with van der Waals surface area (Å²) in [5, 5.41) is 2.97. The number of hydrogen-bond donors (Lipinski definition) is 1. The molecule has 5 heteroatoms. The Morgan fingerprint density at radius 3 is 2.31 bits per heavy atom. The second-order valence-corrected chi connectivity index (χ2v) is 8.09. The third kappa shape index (κ3) is 5.83. The molecule has 3 aromatic rings. The number of para-hydroxylation sites is 1. The Bertz CT molecular complexity index is 1040. The molecule has 0 aromatic heterocycles. The maximum Gasteiger partial charge on any atom is 0.255 e. The molecule has 1 saturated heterocycles. The zero-order chi connectivity index (χ0) is 22.2. The van der Waals surface area contributed by atoms with Crippen molar-refractivity contribution in [3.8, 4) is 5.75 Å². The van der Waals surface area contributed by atoms with Crippen LogP contribution in [-0.2, 0) is 17.9 Å². The van der Waals surface area contributed by atoms with E-state index in [-0.39, 0.29) is 11.7 Å². The van der Waals surface area contributed by atoms with Gasteiger partial charge in [-0.15, -0.1) is 0 Å². The van der Waals surface area contributed by atoms with Crippen molar-refractivity contribution in [2.75, 3.05) is 13.1 Å². The van der Waals surface area contributed by atoms with Gasteiger partial charge >= 0.3 is 0 Å². The minimum absolute atomic E-state index is 0.0802. The van der Waals surface area contributed by atoms with E-state index in [0.29, 0.717) is 30.9 Å². The molecule has 1 aliphatic rings. The Morgan fingerprint density at radius 1 is 0.906 bits per heavy atom.